The van der Waals surface area contributed by atoms with Gasteiger partial charge in [0.1, 0.15) is 0 Å². The number of carbonyl (C=O) groups excluding carboxylic acids is 3. The lowest BCUT2D eigenvalue weighted by Crippen LogP contribution is -2.38. The molecule has 29 heavy (non-hydrogen) atoms. The zero-order valence-corrected chi connectivity index (χ0v) is 17.1. The van der Waals surface area contributed by atoms with Crippen molar-refractivity contribution in [2.45, 2.75) is 13.3 Å². The van der Waals surface area contributed by atoms with Crippen LogP contribution >= 0.6 is 11.6 Å². The van der Waals surface area contributed by atoms with Gasteiger partial charge in [0.25, 0.3) is 5.91 Å². The lowest BCUT2D eigenvalue weighted by Gasteiger charge is -2.22. The van der Waals surface area contributed by atoms with E-state index >= 15 is 0 Å². The highest BCUT2D eigenvalue weighted by Crippen LogP contribution is 2.15. The number of hydrogen-bond acceptors (Lipinski definition) is 4. The number of benzene rings is 2. The van der Waals surface area contributed by atoms with E-state index in [0.717, 1.165) is 13.0 Å². The lowest BCUT2D eigenvalue weighted by atomic mass is 10.1. The molecule has 0 saturated carbocycles. The van der Waals surface area contributed by atoms with E-state index in [-0.39, 0.29) is 24.1 Å². The van der Waals surface area contributed by atoms with Crippen molar-refractivity contribution in [3.05, 3.63) is 64.7 Å². The third-order valence-electron chi connectivity index (χ3n) is 4.87. The number of ketones is 1. The molecule has 0 aliphatic carbocycles. The molecule has 0 atom stereocenters. The fourth-order valence-electron chi connectivity index (χ4n) is 3.36. The lowest BCUT2D eigenvalue weighted by molar-refractivity contribution is -0.117. The minimum absolute atomic E-state index is 0.0418. The van der Waals surface area contributed by atoms with Crippen molar-refractivity contribution < 1.29 is 14.4 Å². The highest BCUT2D eigenvalue weighted by Gasteiger charge is 2.21. The molecule has 0 aromatic heterocycles. The van der Waals surface area contributed by atoms with Crippen molar-refractivity contribution in [2.24, 2.45) is 0 Å². The molecule has 152 valence electrons. The molecule has 0 bridgehead atoms. The molecule has 1 heterocycles. The third-order valence-corrected chi connectivity index (χ3v) is 5.10. The number of Topliss-reactive ketones (excluding diaryl/α,β-unsaturated/α-hetero) is 1. The van der Waals surface area contributed by atoms with Gasteiger partial charge in [0.15, 0.2) is 5.78 Å². The summed E-state index contributed by atoms with van der Waals surface area (Å²) < 4.78 is 0. The SMILES string of the molecule is CC(=O)c1cccc(NC(=O)CN2CCCN(C(=O)c3cccc(Cl)c3)CC2)c1. The Morgan fingerprint density at radius 3 is 2.48 bits per heavy atom. The maximum absolute atomic E-state index is 12.7. The van der Waals surface area contributed by atoms with Gasteiger partial charge in [-0.25, -0.2) is 0 Å². The quantitative estimate of drug-likeness (QED) is 0.763. The van der Waals surface area contributed by atoms with Gasteiger partial charge in [0.2, 0.25) is 5.91 Å². The first-order valence-corrected chi connectivity index (χ1v) is 9.98. The van der Waals surface area contributed by atoms with Crippen LogP contribution in [0.5, 0.6) is 0 Å². The number of rotatable bonds is 5. The van der Waals surface area contributed by atoms with E-state index in [4.69, 9.17) is 11.6 Å². The van der Waals surface area contributed by atoms with Gasteiger partial charge in [-0.05, 0) is 43.7 Å². The molecule has 0 radical (unpaired) electrons. The van der Waals surface area contributed by atoms with Gasteiger partial charge in [-0.15, -0.1) is 0 Å². The highest BCUT2D eigenvalue weighted by atomic mass is 35.5. The van der Waals surface area contributed by atoms with Gasteiger partial charge in [-0.2, -0.15) is 0 Å². The predicted molar refractivity (Wildman–Crippen MR) is 113 cm³/mol. The smallest absolute Gasteiger partial charge is 0.253 e. The fourth-order valence-corrected chi connectivity index (χ4v) is 3.55. The van der Waals surface area contributed by atoms with E-state index in [1.165, 1.54) is 6.92 Å². The van der Waals surface area contributed by atoms with Crippen molar-refractivity contribution in [2.75, 3.05) is 38.0 Å². The van der Waals surface area contributed by atoms with Crippen molar-refractivity contribution in [1.29, 1.82) is 0 Å². The summed E-state index contributed by atoms with van der Waals surface area (Å²) in [6, 6.07) is 13.9. The number of nitrogens with zero attached hydrogens (tertiary/aromatic N) is 2. The van der Waals surface area contributed by atoms with Crippen LogP contribution in [0.25, 0.3) is 0 Å². The zero-order chi connectivity index (χ0) is 20.8. The second-order valence-corrected chi connectivity index (χ2v) is 7.55. The van der Waals surface area contributed by atoms with Crippen molar-refractivity contribution in [3.8, 4) is 0 Å². The topological polar surface area (TPSA) is 69.7 Å². The van der Waals surface area contributed by atoms with E-state index in [0.29, 0.717) is 41.5 Å². The van der Waals surface area contributed by atoms with Crippen LogP contribution in [0.1, 0.15) is 34.1 Å². The summed E-state index contributed by atoms with van der Waals surface area (Å²) in [5, 5.41) is 3.38. The number of halogens is 1. The molecule has 2 aromatic rings. The van der Waals surface area contributed by atoms with Crippen LogP contribution in [0.3, 0.4) is 0 Å². The molecular weight excluding hydrogens is 390 g/mol. The normalized spacial score (nSPS) is 14.9. The second-order valence-electron chi connectivity index (χ2n) is 7.12. The number of amides is 2. The molecule has 1 aliphatic rings. The average molecular weight is 414 g/mol. The van der Waals surface area contributed by atoms with Crippen LogP contribution in [0, 0.1) is 0 Å². The molecule has 6 nitrogen and oxygen atoms in total. The first kappa shape index (κ1) is 21.0. The molecular formula is C22H24ClN3O3. The molecule has 7 heteroatoms. The van der Waals surface area contributed by atoms with E-state index < -0.39 is 0 Å². The minimum atomic E-state index is -0.139. The Hall–Kier alpha value is -2.70. The fraction of sp³-hybridized carbons (Fsp3) is 0.318. The Morgan fingerprint density at radius 1 is 0.966 bits per heavy atom. The van der Waals surface area contributed by atoms with Crippen LogP contribution in [0.15, 0.2) is 48.5 Å². The number of hydrogen-bond donors (Lipinski definition) is 1. The average Bonchev–Trinajstić information content (AvgIpc) is 2.93. The molecule has 2 aromatic carbocycles. The summed E-state index contributed by atoms with van der Waals surface area (Å²) in [4.78, 5) is 40.4. The minimum Gasteiger partial charge on any atom is -0.337 e. The van der Waals surface area contributed by atoms with E-state index in [1.54, 1.807) is 53.4 Å². The second kappa shape index (κ2) is 9.67. The van der Waals surface area contributed by atoms with Gasteiger partial charge in [-0.1, -0.05) is 29.8 Å². The van der Waals surface area contributed by atoms with E-state index in [1.807, 2.05) is 4.90 Å². The zero-order valence-electron chi connectivity index (χ0n) is 16.4. The first-order valence-electron chi connectivity index (χ1n) is 9.60. The number of anilines is 1. The largest absolute Gasteiger partial charge is 0.337 e. The number of nitrogens with one attached hydrogen (secondary N) is 1. The predicted octanol–water partition coefficient (Wildman–Crippen LogP) is 3.33. The van der Waals surface area contributed by atoms with Gasteiger partial charge < -0.3 is 10.2 Å². The van der Waals surface area contributed by atoms with Crippen LogP contribution in [0.2, 0.25) is 5.02 Å². The van der Waals surface area contributed by atoms with Crippen LogP contribution in [0.4, 0.5) is 5.69 Å². The summed E-state index contributed by atoms with van der Waals surface area (Å²) in [6.45, 7) is 4.29. The van der Waals surface area contributed by atoms with Crippen LogP contribution in [-0.4, -0.2) is 60.1 Å². The molecule has 1 N–H and O–H groups in total. The summed E-state index contributed by atoms with van der Waals surface area (Å²) in [6.07, 6.45) is 0.791. The Bertz CT molecular complexity index is 916. The first-order chi connectivity index (χ1) is 13.9. The van der Waals surface area contributed by atoms with Gasteiger partial charge in [-0.3, -0.25) is 19.3 Å². The summed E-state index contributed by atoms with van der Waals surface area (Å²) in [5.74, 6) is -0.224. The molecule has 1 fully saturated rings. The Kier molecular flexibility index (Phi) is 7.01. The summed E-state index contributed by atoms with van der Waals surface area (Å²) in [7, 11) is 0. The van der Waals surface area contributed by atoms with Gasteiger partial charge >= 0.3 is 0 Å². The highest BCUT2D eigenvalue weighted by molar-refractivity contribution is 6.30. The maximum atomic E-state index is 12.7. The molecule has 1 aliphatic heterocycles. The standard InChI is InChI=1S/C22H24ClN3O3/c1-16(27)17-5-3-8-20(14-17)24-21(28)15-25-9-4-10-26(12-11-25)22(29)18-6-2-7-19(23)13-18/h2-3,5-8,13-14H,4,9-12,15H2,1H3,(H,24,28). The van der Waals surface area contributed by atoms with Crippen molar-refractivity contribution in [3.63, 3.8) is 0 Å². The molecule has 1 saturated heterocycles. The Morgan fingerprint density at radius 2 is 1.72 bits per heavy atom. The molecule has 0 unspecified atom stereocenters. The third kappa shape index (κ3) is 5.89. The molecule has 2 amide bonds. The van der Waals surface area contributed by atoms with E-state index in [2.05, 4.69) is 5.32 Å². The van der Waals surface area contributed by atoms with Gasteiger partial charge in [0, 0.05) is 48.0 Å². The van der Waals surface area contributed by atoms with Crippen molar-refractivity contribution in [1.82, 2.24) is 9.80 Å². The van der Waals surface area contributed by atoms with Crippen LogP contribution < -0.4 is 5.32 Å². The number of carbonyl (C=O) groups is 3. The molecule has 0 spiro atoms. The summed E-state index contributed by atoms with van der Waals surface area (Å²) >= 11 is 5.99. The monoisotopic (exact) mass is 413 g/mol. The Labute approximate surface area is 175 Å². The Balaban J connectivity index is 1.54. The van der Waals surface area contributed by atoms with Gasteiger partial charge in [0.05, 0.1) is 6.54 Å². The van der Waals surface area contributed by atoms with E-state index in [9.17, 15) is 14.4 Å². The summed E-state index contributed by atoms with van der Waals surface area (Å²) in [5.41, 5.74) is 1.75. The van der Waals surface area contributed by atoms with Crippen molar-refractivity contribution >= 4 is 34.9 Å². The maximum Gasteiger partial charge on any atom is 0.253 e. The molecule has 3 rings (SSSR count). The van der Waals surface area contributed by atoms with Crippen LogP contribution in [-0.2, 0) is 4.79 Å².